The molecule has 0 N–H and O–H groups in total. The van der Waals surface area contributed by atoms with Crippen LogP contribution >= 0.6 is 0 Å². The van der Waals surface area contributed by atoms with Gasteiger partial charge in [-0.05, 0) is 97.8 Å². The molecule has 0 atom stereocenters. The Balaban J connectivity index is 1.24. The van der Waals surface area contributed by atoms with Gasteiger partial charge in [-0.15, -0.1) is 6.58 Å². The number of hydrogen-bond acceptors (Lipinski definition) is 1. The fourth-order valence-corrected chi connectivity index (χ4v) is 6.47. The van der Waals surface area contributed by atoms with Crippen molar-refractivity contribution in [3.8, 4) is 0 Å². The van der Waals surface area contributed by atoms with E-state index in [1.165, 1.54) is 63.0 Å². The quantitative estimate of drug-likeness (QED) is 0.197. The molecular weight excluding hydrogens is 481 g/mol. The molecule has 0 radical (unpaired) electrons. The summed E-state index contributed by atoms with van der Waals surface area (Å²) in [5.41, 5.74) is 2.92. The highest BCUT2D eigenvalue weighted by Crippen LogP contribution is 2.39. The van der Waals surface area contributed by atoms with Crippen LogP contribution in [0, 0.1) is 17.7 Å². The number of rotatable bonds is 12. The van der Waals surface area contributed by atoms with Crippen molar-refractivity contribution < 1.29 is 17.9 Å². The Kier molecular flexibility index (Phi) is 10.5. The molecule has 0 bridgehead atoms. The lowest BCUT2D eigenvalue weighted by molar-refractivity contribution is -0.244. The Morgan fingerprint density at radius 2 is 1.50 bits per heavy atom. The van der Waals surface area contributed by atoms with Crippen molar-refractivity contribution in [3.63, 3.8) is 0 Å². The molecule has 38 heavy (non-hydrogen) atoms. The van der Waals surface area contributed by atoms with Crippen LogP contribution in [0.15, 0.2) is 55.1 Å². The number of unbranched alkanes of at least 4 members (excludes halogenated alkanes) is 2. The minimum Gasteiger partial charge on any atom is -0.315 e. The molecule has 0 spiro atoms. The first-order valence-electron chi connectivity index (χ1n) is 14.9. The van der Waals surface area contributed by atoms with Crippen LogP contribution in [0.4, 0.5) is 13.2 Å². The van der Waals surface area contributed by atoms with Crippen LogP contribution < -0.4 is 0 Å². The van der Waals surface area contributed by atoms with Gasteiger partial charge in [-0.2, -0.15) is 8.78 Å². The molecule has 1 nitrogen and oxygen atoms in total. The van der Waals surface area contributed by atoms with Crippen molar-refractivity contribution in [3.05, 3.63) is 83.2 Å². The third kappa shape index (κ3) is 8.21. The highest BCUT2D eigenvalue weighted by Gasteiger charge is 2.31. The monoisotopic (exact) mass is 526 g/mol. The van der Waals surface area contributed by atoms with Gasteiger partial charge >= 0.3 is 6.11 Å². The summed E-state index contributed by atoms with van der Waals surface area (Å²) in [7, 11) is 0. The number of halogens is 3. The summed E-state index contributed by atoms with van der Waals surface area (Å²) in [5.74, 6) is 1.79. The van der Waals surface area contributed by atoms with Gasteiger partial charge in [0, 0.05) is 5.56 Å². The predicted octanol–water partition coefficient (Wildman–Crippen LogP) is 10.5. The molecule has 0 saturated heterocycles. The first-order valence-corrected chi connectivity index (χ1v) is 14.9. The lowest BCUT2D eigenvalue weighted by Gasteiger charge is -2.29. The molecule has 2 aliphatic rings. The highest BCUT2D eigenvalue weighted by atomic mass is 19.3. The maximum Gasteiger partial charge on any atom is 0.360 e. The molecular formula is C34H45F3O. The van der Waals surface area contributed by atoms with Gasteiger partial charge in [0.1, 0.15) is 5.82 Å². The van der Waals surface area contributed by atoms with Crippen molar-refractivity contribution in [2.24, 2.45) is 11.8 Å². The molecule has 2 fully saturated rings. The molecule has 2 saturated carbocycles. The van der Waals surface area contributed by atoms with Gasteiger partial charge < -0.3 is 4.74 Å². The van der Waals surface area contributed by atoms with Gasteiger partial charge in [0.2, 0.25) is 0 Å². The van der Waals surface area contributed by atoms with Crippen LogP contribution in [-0.2, 0) is 17.8 Å². The summed E-state index contributed by atoms with van der Waals surface area (Å²) < 4.78 is 48.9. The normalized spacial score (nSPS) is 24.3. The van der Waals surface area contributed by atoms with Gasteiger partial charge in [0.15, 0.2) is 0 Å². The molecule has 0 unspecified atom stereocenters. The van der Waals surface area contributed by atoms with Crippen LogP contribution in [0.1, 0.15) is 118 Å². The van der Waals surface area contributed by atoms with Crippen LogP contribution in [0.25, 0.3) is 0 Å². The highest BCUT2D eigenvalue weighted by molar-refractivity contribution is 5.28. The standard InChI is InChI=1S/C34H45F3O/c1-3-5-6-7-26-10-16-28(17-11-26)29-18-12-27(13-19-29)23-34(36,37)38-24-32-21-20-31(22-33(32)35)30-14-8-25(4-2)9-15-30/h4,12-13,18-22,25-26,28,30H,2-3,5-11,14-17,23-24H2,1H3. The van der Waals surface area contributed by atoms with E-state index in [1.807, 2.05) is 24.3 Å². The lowest BCUT2D eigenvalue weighted by Crippen LogP contribution is -2.24. The second-order valence-electron chi connectivity index (χ2n) is 11.8. The second kappa shape index (κ2) is 13.8. The summed E-state index contributed by atoms with van der Waals surface area (Å²) in [6.45, 7) is 5.68. The third-order valence-electron chi connectivity index (χ3n) is 9.02. The first kappa shape index (κ1) is 28.9. The van der Waals surface area contributed by atoms with Gasteiger partial charge in [0.05, 0.1) is 13.0 Å². The molecule has 0 aliphatic heterocycles. The largest absolute Gasteiger partial charge is 0.360 e. The van der Waals surface area contributed by atoms with Gasteiger partial charge in [0.25, 0.3) is 0 Å². The Morgan fingerprint density at radius 1 is 0.868 bits per heavy atom. The topological polar surface area (TPSA) is 9.23 Å². The van der Waals surface area contributed by atoms with E-state index < -0.39 is 25.0 Å². The molecule has 208 valence electrons. The summed E-state index contributed by atoms with van der Waals surface area (Å²) in [5, 5.41) is 0. The summed E-state index contributed by atoms with van der Waals surface area (Å²) in [4.78, 5) is 0. The number of allylic oxidation sites excluding steroid dienone is 1. The second-order valence-corrected chi connectivity index (χ2v) is 11.8. The number of hydrogen-bond donors (Lipinski definition) is 0. The average molecular weight is 527 g/mol. The summed E-state index contributed by atoms with van der Waals surface area (Å²) in [6, 6.07) is 12.6. The zero-order valence-electron chi connectivity index (χ0n) is 23.1. The number of benzene rings is 2. The Labute approximate surface area is 227 Å². The molecule has 0 aromatic heterocycles. The SMILES string of the molecule is C=CC1CCC(c2ccc(COC(F)(F)Cc3ccc(C4CCC(CCCCC)CC4)cc3)c(F)c2)CC1. The zero-order chi connectivity index (χ0) is 27.0. The smallest absolute Gasteiger partial charge is 0.315 e. The Hall–Kier alpha value is -2.07. The molecule has 2 aliphatic carbocycles. The molecule has 4 heteroatoms. The summed E-state index contributed by atoms with van der Waals surface area (Å²) >= 11 is 0. The fraction of sp³-hybridized carbons (Fsp3) is 0.588. The zero-order valence-corrected chi connectivity index (χ0v) is 23.1. The Bertz CT molecular complexity index is 999. The number of ether oxygens (including phenoxy) is 1. The van der Waals surface area contributed by atoms with Crippen LogP contribution in [-0.4, -0.2) is 6.11 Å². The molecule has 4 rings (SSSR count). The van der Waals surface area contributed by atoms with Crippen molar-refractivity contribution in [2.45, 2.75) is 115 Å². The van der Waals surface area contributed by atoms with E-state index in [0.29, 0.717) is 23.3 Å². The van der Waals surface area contributed by atoms with E-state index >= 15 is 0 Å². The van der Waals surface area contributed by atoms with Crippen molar-refractivity contribution >= 4 is 0 Å². The van der Waals surface area contributed by atoms with Gasteiger partial charge in [-0.1, -0.05) is 75.1 Å². The van der Waals surface area contributed by atoms with Crippen LogP contribution in [0.3, 0.4) is 0 Å². The van der Waals surface area contributed by atoms with Crippen molar-refractivity contribution in [1.29, 1.82) is 0 Å². The average Bonchev–Trinajstić information content (AvgIpc) is 2.93. The molecule has 0 heterocycles. The maximum absolute atomic E-state index is 14.7. The summed E-state index contributed by atoms with van der Waals surface area (Å²) in [6.07, 6.45) is 12.5. The van der Waals surface area contributed by atoms with E-state index in [2.05, 4.69) is 13.5 Å². The molecule has 2 aromatic rings. The number of alkyl halides is 2. The van der Waals surface area contributed by atoms with Gasteiger partial charge in [-0.25, -0.2) is 4.39 Å². The van der Waals surface area contributed by atoms with Crippen LogP contribution in [0.2, 0.25) is 0 Å². The van der Waals surface area contributed by atoms with Crippen molar-refractivity contribution in [2.75, 3.05) is 0 Å². The predicted molar refractivity (Wildman–Crippen MR) is 150 cm³/mol. The molecule has 2 aromatic carbocycles. The van der Waals surface area contributed by atoms with E-state index in [-0.39, 0.29) is 5.56 Å². The van der Waals surface area contributed by atoms with Crippen molar-refractivity contribution in [1.82, 2.24) is 0 Å². The molecule has 0 amide bonds. The van der Waals surface area contributed by atoms with E-state index in [9.17, 15) is 13.2 Å². The minimum atomic E-state index is -3.35. The minimum absolute atomic E-state index is 0.175. The maximum atomic E-state index is 14.7. The lowest BCUT2D eigenvalue weighted by atomic mass is 9.77. The first-order chi connectivity index (χ1) is 18.4. The third-order valence-corrected chi connectivity index (χ3v) is 9.02. The fourth-order valence-electron chi connectivity index (χ4n) is 6.47. The van der Waals surface area contributed by atoms with E-state index in [1.54, 1.807) is 18.2 Å². The van der Waals surface area contributed by atoms with E-state index in [0.717, 1.165) is 37.2 Å². The van der Waals surface area contributed by atoms with Crippen LogP contribution in [0.5, 0.6) is 0 Å². The Morgan fingerprint density at radius 3 is 2.13 bits per heavy atom. The van der Waals surface area contributed by atoms with E-state index in [4.69, 9.17) is 4.74 Å². The van der Waals surface area contributed by atoms with Gasteiger partial charge in [-0.3, -0.25) is 0 Å².